The highest BCUT2D eigenvalue weighted by atomic mass is 16.6. The summed E-state index contributed by atoms with van der Waals surface area (Å²) in [5.74, 6) is -4.62. The predicted molar refractivity (Wildman–Crippen MR) is 101 cm³/mol. The van der Waals surface area contributed by atoms with Gasteiger partial charge in [0.05, 0.1) is 18.1 Å². The van der Waals surface area contributed by atoms with Crippen molar-refractivity contribution in [2.75, 3.05) is 6.61 Å². The molecule has 4 rings (SSSR count). The predicted octanol–water partition coefficient (Wildman–Crippen LogP) is 0.709. The average molecular weight is 404 g/mol. The zero-order chi connectivity index (χ0) is 21.7. The maximum absolute atomic E-state index is 13.5. The van der Waals surface area contributed by atoms with Crippen LogP contribution < -0.4 is 0 Å². The second kappa shape index (κ2) is 5.65. The molecule has 0 aliphatic heterocycles. The average Bonchev–Trinajstić information content (AvgIpc) is 2.99. The van der Waals surface area contributed by atoms with Gasteiger partial charge in [-0.05, 0) is 30.9 Å². The van der Waals surface area contributed by atoms with Crippen LogP contribution in [0.1, 0.15) is 41.0 Å². The number of fused-ring (bicyclic) bond motifs is 5. The molecule has 4 aliphatic carbocycles. The molecule has 0 bridgehead atoms. The van der Waals surface area contributed by atoms with E-state index in [-0.39, 0.29) is 5.57 Å². The van der Waals surface area contributed by atoms with E-state index in [0.29, 0.717) is 12.0 Å². The maximum atomic E-state index is 13.5. The Kier molecular flexibility index (Phi) is 3.98. The number of hydrogen-bond donors (Lipinski definition) is 3. The molecule has 0 aromatic carbocycles. The Labute approximate surface area is 169 Å². The van der Waals surface area contributed by atoms with Crippen LogP contribution in [-0.4, -0.2) is 56.3 Å². The molecule has 29 heavy (non-hydrogen) atoms. The van der Waals surface area contributed by atoms with Crippen molar-refractivity contribution >= 4 is 17.5 Å². The van der Waals surface area contributed by atoms with Crippen LogP contribution in [0, 0.1) is 29.1 Å². The second-order valence-corrected chi connectivity index (χ2v) is 9.83. The van der Waals surface area contributed by atoms with Crippen LogP contribution in [0.5, 0.6) is 0 Å². The van der Waals surface area contributed by atoms with Gasteiger partial charge < -0.3 is 20.1 Å². The lowest BCUT2D eigenvalue weighted by atomic mass is 9.59. The Hall–Kier alpha value is -1.83. The first kappa shape index (κ1) is 20.4. The first-order valence-corrected chi connectivity index (χ1v) is 10.0. The maximum Gasteiger partial charge on any atom is 0.303 e. The van der Waals surface area contributed by atoms with Crippen molar-refractivity contribution in [3.63, 3.8) is 0 Å². The summed E-state index contributed by atoms with van der Waals surface area (Å²) in [6.07, 6.45) is 2.98. The van der Waals surface area contributed by atoms with Crippen molar-refractivity contribution in [3.05, 3.63) is 23.3 Å². The number of ketones is 2. The highest BCUT2D eigenvalue weighted by Gasteiger charge is 2.84. The van der Waals surface area contributed by atoms with Gasteiger partial charge in [-0.1, -0.05) is 26.8 Å². The Morgan fingerprint density at radius 1 is 1.28 bits per heavy atom. The molecule has 2 fully saturated rings. The molecule has 0 aromatic heterocycles. The fourth-order valence-electron chi connectivity index (χ4n) is 6.69. The molecule has 0 radical (unpaired) electrons. The summed E-state index contributed by atoms with van der Waals surface area (Å²) in [7, 11) is 0. The third-order valence-electron chi connectivity index (χ3n) is 8.12. The summed E-state index contributed by atoms with van der Waals surface area (Å²) >= 11 is 0. The van der Waals surface area contributed by atoms with Crippen LogP contribution in [-0.2, 0) is 19.1 Å². The molecule has 4 aliphatic rings. The largest absolute Gasteiger partial charge is 0.458 e. The minimum absolute atomic E-state index is 0.0941. The van der Waals surface area contributed by atoms with Gasteiger partial charge in [-0.3, -0.25) is 14.4 Å². The van der Waals surface area contributed by atoms with Crippen LogP contribution in [0.2, 0.25) is 0 Å². The van der Waals surface area contributed by atoms with Crippen molar-refractivity contribution in [1.29, 1.82) is 0 Å². The molecule has 158 valence electrons. The molecule has 0 spiro atoms. The number of carbonyl (C=O) groups excluding carboxylic acids is 3. The van der Waals surface area contributed by atoms with Crippen LogP contribution in [0.3, 0.4) is 0 Å². The van der Waals surface area contributed by atoms with Gasteiger partial charge in [0.15, 0.2) is 17.2 Å². The number of esters is 1. The molecule has 0 heterocycles. The molecule has 0 amide bonds. The molecule has 0 saturated heterocycles. The van der Waals surface area contributed by atoms with Crippen molar-refractivity contribution in [2.24, 2.45) is 29.1 Å². The normalized spacial score (nSPS) is 47.3. The topological polar surface area (TPSA) is 121 Å². The van der Waals surface area contributed by atoms with Gasteiger partial charge in [-0.25, -0.2) is 0 Å². The molecule has 0 aromatic rings. The van der Waals surface area contributed by atoms with E-state index in [1.54, 1.807) is 19.9 Å². The van der Waals surface area contributed by atoms with E-state index in [9.17, 15) is 29.7 Å². The molecule has 2 saturated carbocycles. The Morgan fingerprint density at radius 2 is 1.90 bits per heavy atom. The van der Waals surface area contributed by atoms with Gasteiger partial charge in [-0.15, -0.1) is 0 Å². The Bertz CT molecular complexity index is 899. The number of Topliss-reactive ketones (excluding diaryl/α,β-unsaturated/α-hetero) is 2. The molecule has 7 nitrogen and oxygen atoms in total. The highest BCUT2D eigenvalue weighted by molar-refractivity contribution is 6.09. The van der Waals surface area contributed by atoms with Crippen molar-refractivity contribution in [1.82, 2.24) is 0 Å². The number of carbonyl (C=O) groups is 3. The number of hydrogen-bond acceptors (Lipinski definition) is 7. The summed E-state index contributed by atoms with van der Waals surface area (Å²) in [4.78, 5) is 38.2. The van der Waals surface area contributed by atoms with E-state index in [4.69, 9.17) is 4.74 Å². The van der Waals surface area contributed by atoms with Gasteiger partial charge in [0.2, 0.25) is 0 Å². The third-order valence-corrected chi connectivity index (χ3v) is 8.12. The van der Waals surface area contributed by atoms with E-state index in [2.05, 4.69) is 0 Å². The second-order valence-electron chi connectivity index (χ2n) is 9.83. The van der Waals surface area contributed by atoms with Crippen molar-refractivity contribution in [2.45, 2.75) is 57.8 Å². The lowest BCUT2D eigenvalue weighted by Gasteiger charge is -2.50. The fraction of sp³-hybridized carbons (Fsp3) is 0.682. The first-order valence-electron chi connectivity index (χ1n) is 10.0. The molecular formula is C22H28O7. The quantitative estimate of drug-likeness (QED) is 0.580. The standard InChI is InChI=1S/C22H28O7/c1-10-6-14-20(27,18(10)26)8-13(9-23)16(25)15-17-19(4,5)21(17,29-12(3)24)7-11(2)22(14,15)28/h6,8,11,14-15,17,23,27-28H,7,9H2,1-5H3/t11-,14+,15+,17+,20-,21+,22+/m1/s1. The molecule has 0 unspecified atom stereocenters. The summed E-state index contributed by atoms with van der Waals surface area (Å²) in [5.41, 5.74) is -5.09. The van der Waals surface area contributed by atoms with E-state index in [1.807, 2.05) is 13.8 Å². The summed E-state index contributed by atoms with van der Waals surface area (Å²) in [5, 5.41) is 33.2. The van der Waals surface area contributed by atoms with Crippen LogP contribution in [0.4, 0.5) is 0 Å². The fourth-order valence-corrected chi connectivity index (χ4v) is 6.69. The minimum atomic E-state index is -2.09. The SMILES string of the molecule is CC(=O)O[C@@]12C[C@@H](C)[C@]3(O)[C@H]4C=C(C)C(=O)[C@@]4(O)C=C(CO)C(=O)[C@H]3[C@H]1C2(C)C. The lowest BCUT2D eigenvalue weighted by molar-refractivity contribution is -0.189. The van der Waals surface area contributed by atoms with Crippen LogP contribution in [0.25, 0.3) is 0 Å². The van der Waals surface area contributed by atoms with Crippen LogP contribution in [0.15, 0.2) is 23.3 Å². The van der Waals surface area contributed by atoms with E-state index in [1.165, 1.54) is 6.92 Å². The number of rotatable bonds is 2. The highest BCUT2D eigenvalue weighted by Crippen LogP contribution is 2.76. The lowest BCUT2D eigenvalue weighted by Crippen LogP contribution is -2.62. The van der Waals surface area contributed by atoms with Crippen molar-refractivity contribution < 1.29 is 34.4 Å². The molecule has 7 atom stereocenters. The summed E-state index contributed by atoms with van der Waals surface area (Å²) in [6.45, 7) is 7.78. The zero-order valence-corrected chi connectivity index (χ0v) is 17.4. The summed E-state index contributed by atoms with van der Waals surface area (Å²) in [6, 6.07) is 0. The molecular weight excluding hydrogens is 376 g/mol. The summed E-state index contributed by atoms with van der Waals surface area (Å²) < 4.78 is 5.74. The van der Waals surface area contributed by atoms with Gasteiger partial charge in [0, 0.05) is 29.7 Å². The van der Waals surface area contributed by atoms with Gasteiger partial charge >= 0.3 is 5.97 Å². The number of aliphatic hydroxyl groups excluding tert-OH is 1. The zero-order valence-electron chi connectivity index (χ0n) is 17.4. The third kappa shape index (κ3) is 2.16. The Morgan fingerprint density at radius 3 is 2.45 bits per heavy atom. The van der Waals surface area contributed by atoms with Gasteiger partial charge in [0.25, 0.3) is 0 Å². The van der Waals surface area contributed by atoms with Gasteiger partial charge in [0.1, 0.15) is 5.60 Å². The van der Waals surface area contributed by atoms with E-state index < -0.39 is 70.0 Å². The number of ether oxygens (including phenoxy) is 1. The molecule has 7 heteroatoms. The van der Waals surface area contributed by atoms with Crippen molar-refractivity contribution in [3.8, 4) is 0 Å². The smallest absolute Gasteiger partial charge is 0.303 e. The number of aliphatic hydroxyl groups is 3. The molecule has 3 N–H and O–H groups in total. The van der Waals surface area contributed by atoms with Crippen LogP contribution >= 0.6 is 0 Å². The Balaban J connectivity index is 1.95. The van der Waals surface area contributed by atoms with Gasteiger partial charge in [-0.2, -0.15) is 0 Å². The van der Waals surface area contributed by atoms with E-state index >= 15 is 0 Å². The van der Waals surface area contributed by atoms with E-state index in [0.717, 1.165) is 6.08 Å². The monoisotopic (exact) mass is 404 g/mol. The minimum Gasteiger partial charge on any atom is -0.458 e. The first-order chi connectivity index (χ1) is 13.3.